The number of sulfone groups is 1. The number of benzene rings is 2. The molecule has 0 amide bonds. The maximum absolute atomic E-state index is 11.6. The Bertz CT molecular complexity index is 1250. The molecule has 2 heterocycles. The van der Waals surface area contributed by atoms with Crippen molar-refractivity contribution in [2.24, 2.45) is 0 Å². The standard InChI is InChI=1S/C21H19N5O2S/c1-14-3-5-15(6-4-14)20-18(13-23-26-20)19-11-12-22-21(25-19)24-16-7-9-17(10-8-16)29(2,27)28/h3-13H,1-2H3,(H,23,26)(H,22,24,25). The summed E-state index contributed by atoms with van der Waals surface area (Å²) in [5.74, 6) is 0.408. The van der Waals surface area contributed by atoms with Crippen LogP contribution >= 0.6 is 0 Å². The van der Waals surface area contributed by atoms with E-state index >= 15 is 0 Å². The molecular formula is C21H19N5O2S. The second-order valence-electron chi connectivity index (χ2n) is 6.71. The summed E-state index contributed by atoms with van der Waals surface area (Å²) in [6.45, 7) is 2.04. The fraction of sp³-hybridized carbons (Fsp3) is 0.0952. The lowest BCUT2D eigenvalue weighted by Crippen LogP contribution is -2.00. The fourth-order valence-electron chi connectivity index (χ4n) is 2.90. The summed E-state index contributed by atoms with van der Waals surface area (Å²) in [5, 5.41) is 10.3. The van der Waals surface area contributed by atoms with Crippen LogP contribution in [0.5, 0.6) is 0 Å². The molecule has 0 aliphatic rings. The van der Waals surface area contributed by atoms with Gasteiger partial charge in [0.05, 0.1) is 22.5 Å². The van der Waals surface area contributed by atoms with Gasteiger partial charge in [-0.15, -0.1) is 0 Å². The monoisotopic (exact) mass is 405 g/mol. The van der Waals surface area contributed by atoms with E-state index in [1.165, 1.54) is 11.8 Å². The van der Waals surface area contributed by atoms with Crippen molar-refractivity contribution in [1.29, 1.82) is 0 Å². The molecule has 4 aromatic rings. The van der Waals surface area contributed by atoms with Gasteiger partial charge in [0.15, 0.2) is 9.84 Å². The molecule has 4 rings (SSSR count). The van der Waals surface area contributed by atoms with Crippen molar-refractivity contribution in [3.8, 4) is 22.5 Å². The van der Waals surface area contributed by atoms with Crippen molar-refractivity contribution in [3.05, 3.63) is 72.6 Å². The molecule has 2 N–H and O–H groups in total. The highest BCUT2D eigenvalue weighted by atomic mass is 32.2. The van der Waals surface area contributed by atoms with Crippen LogP contribution in [-0.4, -0.2) is 34.8 Å². The molecule has 7 nitrogen and oxygen atoms in total. The van der Waals surface area contributed by atoms with Crippen LogP contribution in [0.2, 0.25) is 0 Å². The van der Waals surface area contributed by atoms with E-state index in [0.717, 1.165) is 22.5 Å². The van der Waals surface area contributed by atoms with Crippen LogP contribution in [0.3, 0.4) is 0 Å². The van der Waals surface area contributed by atoms with Gasteiger partial charge in [-0.05, 0) is 37.3 Å². The number of nitrogens with one attached hydrogen (secondary N) is 2. The summed E-state index contributed by atoms with van der Waals surface area (Å²) in [6.07, 6.45) is 4.59. The summed E-state index contributed by atoms with van der Waals surface area (Å²) in [5.41, 5.74) is 5.37. The third kappa shape index (κ3) is 4.17. The normalized spacial score (nSPS) is 11.4. The SMILES string of the molecule is Cc1ccc(-c2[nH]ncc2-c2ccnc(Nc3ccc(S(C)(=O)=O)cc3)n2)cc1. The van der Waals surface area contributed by atoms with Gasteiger partial charge in [-0.25, -0.2) is 18.4 Å². The first-order valence-electron chi connectivity index (χ1n) is 8.91. The molecule has 0 unspecified atom stereocenters. The minimum absolute atomic E-state index is 0.263. The van der Waals surface area contributed by atoms with Gasteiger partial charge in [0, 0.05) is 29.3 Å². The average Bonchev–Trinajstić information content (AvgIpc) is 3.18. The van der Waals surface area contributed by atoms with Gasteiger partial charge in [0.25, 0.3) is 0 Å². The van der Waals surface area contributed by atoms with E-state index < -0.39 is 9.84 Å². The van der Waals surface area contributed by atoms with E-state index in [-0.39, 0.29) is 4.90 Å². The molecular weight excluding hydrogens is 386 g/mol. The zero-order valence-electron chi connectivity index (χ0n) is 15.9. The first-order valence-corrected chi connectivity index (χ1v) is 10.8. The summed E-state index contributed by atoms with van der Waals surface area (Å²) < 4.78 is 23.2. The van der Waals surface area contributed by atoms with E-state index in [1.54, 1.807) is 36.7 Å². The van der Waals surface area contributed by atoms with Crippen LogP contribution in [0.25, 0.3) is 22.5 Å². The number of H-pyrrole nitrogens is 1. The molecule has 0 aliphatic carbocycles. The van der Waals surface area contributed by atoms with E-state index in [0.29, 0.717) is 11.6 Å². The van der Waals surface area contributed by atoms with E-state index in [4.69, 9.17) is 0 Å². The number of nitrogens with zero attached hydrogens (tertiary/aromatic N) is 3. The summed E-state index contributed by atoms with van der Waals surface area (Å²) in [7, 11) is -3.23. The number of aromatic nitrogens is 4. The zero-order chi connectivity index (χ0) is 20.4. The predicted octanol–water partition coefficient (Wildman–Crippen LogP) is 3.99. The topological polar surface area (TPSA) is 101 Å². The molecule has 0 saturated carbocycles. The fourth-order valence-corrected chi connectivity index (χ4v) is 3.53. The molecule has 0 radical (unpaired) electrons. The van der Waals surface area contributed by atoms with Gasteiger partial charge in [0.2, 0.25) is 5.95 Å². The summed E-state index contributed by atoms with van der Waals surface area (Å²) in [6, 6.07) is 16.5. The van der Waals surface area contributed by atoms with Crippen LogP contribution in [0, 0.1) is 6.92 Å². The van der Waals surface area contributed by atoms with Crippen molar-refractivity contribution in [2.75, 3.05) is 11.6 Å². The highest BCUT2D eigenvalue weighted by Crippen LogP contribution is 2.29. The van der Waals surface area contributed by atoms with Gasteiger partial charge >= 0.3 is 0 Å². The average molecular weight is 405 g/mol. The van der Waals surface area contributed by atoms with Gasteiger partial charge in [-0.2, -0.15) is 5.10 Å². The lowest BCUT2D eigenvalue weighted by atomic mass is 10.0. The van der Waals surface area contributed by atoms with Crippen molar-refractivity contribution in [1.82, 2.24) is 20.2 Å². The highest BCUT2D eigenvalue weighted by molar-refractivity contribution is 7.90. The molecule has 8 heteroatoms. The molecule has 0 fully saturated rings. The number of rotatable bonds is 5. The number of anilines is 2. The Balaban J connectivity index is 1.62. The number of hydrogen-bond acceptors (Lipinski definition) is 6. The molecule has 29 heavy (non-hydrogen) atoms. The predicted molar refractivity (Wildman–Crippen MR) is 113 cm³/mol. The Kier molecular flexibility index (Phi) is 4.85. The maximum Gasteiger partial charge on any atom is 0.227 e. The molecule has 2 aromatic carbocycles. The minimum atomic E-state index is -3.23. The third-order valence-electron chi connectivity index (χ3n) is 4.45. The van der Waals surface area contributed by atoms with Crippen LogP contribution in [0.1, 0.15) is 5.56 Å². The third-order valence-corrected chi connectivity index (χ3v) is 5.58. The first kappa shape index (κ1) is 18.8. The molecule has 146 valence electrons. The van der Waals surface area contributed by atoms with E-state index in [2.05, 4.69) is 25.5 Å². The molecule has 0 saturated heterocycles. The van der Waals surface area contributed by atoms with Gasteiger partial charge in [-0.3, -0.25) is 5.10 Å². The zero-order valence-corrected chi connectivity index (χ0v) is 16.7. The number of hydrogen-bond donors (Lipinski definition) is 2. The molecule has 0 atom stereocenters. The number of aromatic amines is 1. The summed E-state index contributed by atoms with van der Waals surface area (Å²) >= 11 is 0. The first-order chi connectivity index (χ1) is 13.9. The summed E-state index contributed by atoms with van der Waals surface area (Å²) in [4.78, 5) is 9.11. The smallest absolute Gasteiger partial charge is 0.227 e. The van der Waals surface area contributed by atoms with Gasteiger partial charge in [0.1, 0.15) is 0 Å². The second kappa shape index (κ2) is 7.48. The number of aryl methyl sites for hydroxylation is 1. The lowest BCUT2D eigenvalue weighted by molar-refractivity contribution is 0.602. The molecule has 2 aromatic heterocycles. The van der Waals surface area contributed by atoms with Crippen LogP contribution < -0.4 is 5.32 Å². The Labute approximate surface area is 168 Å². The minimum Gasteiger partial charge on any atom is -0.324 e. The van der Waals surface area contributed by atoms with Crippen LogP contribution in [0.4, 0.5) is 11.6 Å². The Morgan fingerprint density at radius 1 is 0.966 bits per heavy atom. The van der Waals surface area contributed by atoms with Crippen molar-refractivity contribution >= 4 is 21.5 Å². The van der Waals surface area contributed by atoms with Crippen LogP contribution in [-0.2, 0) is 9.84 Å². The van der Waals surface area contributed by atoms with E-state index in [1.807, 2.05) is 37.3 Å². The van der Waals surface area contributed by atoms with Crippen molar-refractivity contribution in [3.63, 3.8) is 0 Å². The maximum atomic E-state index is 11.6. The Hall–Kier alpha value is -3.52. The molecule has 0 spiro atoms. The van der Waals surface area contributed by atoms with Crippen molar-refractivity contribution in [2.45, 2.75) is 11.8 Å². The molecule has 0 aliphatic heterocycles. The Morgan fingerprint density at radius 2 is 1.69 bits per heavy atom. The largest absolute Gasteiger partial charge is 0.324 e. The van der Waals surface area contributed by atoms with E-state index in [9.17, 15) is 8.42 Å². The van der Waals surface area contributed by atoms with Crippen molar-refractivity contribution < 1.29 is 8.42 Å². The Morgan fingerprint density at radius 3 is 2.38 bits per heavy atom. The second-order valence-corrected chi connectivity index (χ2v) is 8.73. The highest BCUT2D eigenvalue weighted by Gasteiger charge is 2.12. The molecule has 0 bridgehead atoms. The lowest BCUT2D eigenvalue weighted by Gasteiger charge is -2.08. The quantitative estimate of drug-likeness (QED) is 0.521. The van der Waals surface area contributed by atoms with Gasteiger partial charge < -0.3 is 5.32 Å². The van der Waals surface area contributed by atoms with Gasteiger partial charge in [-0.1, -0.05) is 29.8 Å². The van der Waals surface area contributed by atoms with Crippen LogP contribution in [0.15, 0.2) is 71.9 Å².